The van der Waals surface area contributed by atoms with Crippen molar-refractivity contribution in [2.45, 2.75) is 51.2 Å². The fraction of sp³-hybridized carbons (Fsp3) is 0.520. The quantitative estimate of drug-likeness (QED) is 0.669. The largest absolute Gasteiger partial charge is 0.396 e. The second-order valence-electron chi connectivity index (χ2n) is 9.45. The zero-order valence-corrected chi connectivity index (χ0v) is 18.8. The van der Waals surface area contributed by atoms with E-state index in [2.05, 4.69) is 10.3 Å². The van der Waals surface area contributed by atoms with Crippen molar-refractivity contribution in [2.75, 3.05) is 13.2 Å². The lowest BCUT2D eigenvalue weighted by Crippen LogP contribution is -2.49. The van der Waals surface area contributed by atoms with Crippen LogP contribution < -0.4 is 10.9 Å². The van der Waals surface area contributed by atoms with Crippen LogP contribution >= 0.6 is 0 Å². The minimum absolute atomic E-state index is 0.0219. The van der Waals surface area contributed by atoms with Gasteiger partial charge in [-0.25, -0.2) is 0 Å². The van der Waals surface area contributed by atoms with Crippen molar-refractivity contribution in [1.29, 1.82) is 0 Å². The molecule has 33 heavy (non-hydrogen) atoms. The summed E-state index contributed by atoms with van der Waals surface area (Å²) in [6, 6.07) is 6.30. The average Bonchev–Trinajstić information content (AvgIpc) is 3.61. The monoisotopic (exact) mass is 450 g/mol. The Bertz CT molecular complexity index is 1110. The topological polar surface area (TPSA) is 105 Å². The van der Waals surface area contributed by atoms with Crippen molar-refractivity contribution in [3.63, 3.8) is 0 Å². The molecule has 8 heteroatoms. The van der Waals surface area contributed by atoms with Crippen LogP contribution in [0.25, 0.3) is 11.1 Å². The summed E-state index contributed by atoms with van der Waals surface area (Å²) in [4.78, 5) is 46.0. The number of fused-ring (bicyclic) bond motifs is 4. The average molecular weight is 451 g/mol. The Morgan fingerprint density at radius 1 is 1.18 bits per heavy atom. The molecule has 4 heterocycles. The molecule has 8 nitrogen and oxygen atoms in total. The summed E-state index contributed by atoms with van der Waals surface area (Å²) in [5.74, 6) is -0.733. The van der Waals surface area contributed by atoms with Crippen LogP contribution in [0, 0.1) is 17.8 Å². The molecule has 2 aromatic rings. The molecule has 174 valence electrons. The van der Waals surface area contributed by atoms with E-state index in [0.29, 0.717) is 30.1 Å². The molecular weight excluding hydrogens is 420 g/mol. The van der Waals surface area contributed by atoms with Crippen LogP contribution in [-0.4, -0.2) is 50.6 Å². The van der Waals surface area contributed by atoms with Crippen LogP contribution in [0.2, 0.25) is 0 Å². The van der Waals surface area contributed by atoms with Gasteiger partial charge in [-0.3, -0.25) is 19.4 Å². The first-order valence-corrected chi connectivity index (χ1v) is 11.9. The second kappa shape index (κ2) is 8.74. The molecule has 0 unspecified atom stereocenters. The highest BCUT2D eigenvalue weighted by molar-refractivity contribution is 5.84. The molecule has 2 bridgehead atoms. The van der Waals surface area contributed by atoms with Crippen molar-refractivity contribution in [1.82, 2.24) is 19.8 Å². The SMILES string of the molecule is CCCNC(=O)[C@@H]1[C@@H](CO)[C@@H]2Cn3c(ccc(-c4ccncc4)c3=O)[C@H]1N2C(=O)CC1CC1. The van der Waals surface area contributed by atoms with Crippen LogP contribution in [0.15, 0.2) is 41.5 Å². The Morgan fingerprint density at radius 2 is 1.94 bits per heavy atom. The van der Waals surface area contributed by atoms with E-state index in [9.17, 15) is 19.5 Å². The summed E-state index contributed by atoms with van der Waals surface area (Å²) in [5, 5.41) is 13.3. The van der Waals surface area contributed by atoms with Crippen molar-refractivity contribution < 1.29 is 14.7 Å². The molecule has 1 saturated carbocycles. The van der Waals surface area contributed by atoms with Crippen molar-refractivity contribution >= 4 is 11.8 Å². The first-order valence-electron chi connectivity index (χ1n) is 11.9. The van der Waals surface area contributed by atoms with Crippen molar-refractivity contribution in [3.8, 4) is 11.1 Å². The van der Waals surface area contributed by atoms with E-state index in [0.717, 1.165) is 24.8 Å². The smallest absolute Gasteiger partial charge is 0.258 e. The van der Waals surface area contributed by atoms with Gasteiger partial charge in [0, 0.05) is 55.7 Å². The van der Waals surface area contributed by atoms with Gasteiger partial charge in [0.25, 0.3) is 5.56 Å². The van der Waals surface area contributed by atoms with Gasteiger partial charge in [0.1, 0.15) is 0 Å². The Balaban J connectivity index is 1.60. The van der Waals surface area contributed by atoms with Gasteiger partial charge < -0.3 is 19.9 Å². The number of carbonyl (C=O) groups excluding carboxylic acids is 2. The first-order chi connectivity index (χ1) is 16.0. The van der Waals surface area contributed by atoms with Gasteiger partial charge in [-0.05, 0) is 55.0 Å². The Kier molecular flexibility index (Phi) is 5.78. The number of amides is 2. The van der Waals surface area contributed by atoms with Gasteiger partial charge in [0.15, 0.2) is 0 Å². The molecule has 0 aromatic carbocycles. The highest BCUT2D eigenvalue weighted by Gasteiger charge is 2.57. The lowest BCUT2D eigenvalue weighted by atomic mass is 9.86. The van der Waals surface area contributed by atoms with E-state index in [1.807, 2.05) is 17.9 Å². The fourth-order valence-corrected chi connectivity index (χ4v) is 5.54. The van der Waals surface area contributed by atoms with Crippen LogP contribution in [0.3, 0.4) is 0 Å². The molecule has 5 rings (SSSR count). The number of nitrogens with zero attached hydrogens (tertiary/aromatic N) is 3. The zero-order chi connectivity index (χ0) is 23.1. The molecule has 0 spiro atoms. The molecule has 0 radical (unpaired) electrons. The highest BCUT2D eigenvalue weighted by atomic mass is 16.3. The normalized spacial score (nSPS) is 25.6. The van der Waals surface area contributed by atoms with Gasteiger partial charge >= 0.3 is 0 Å². The third-order valence-electron chi connectivity index (χ3n) is 7.34. The summed E-state index contributed by atoms with van der Waals surface area (Å²) < 4.78 is 1.71. The Labute approximate surface area is 192 Å². The number of carbonyl (C=O) groups is 2. The number of aromatic nitrogens is 2. The van der Waals surface area contributed by atoms with E-state index in [-0.39, 0.29) is 36.6 Å². The summed E-state index contributed by atoms with van der Waals surface area (Å²) >= 11 is 0. The molecule has 2 aromatic heterocycles. The van der Waals surface area contributed by atoms with E-state index in [1.54, 1.807) is 35.2 Å². The van der Waals surface area contributed by atoms with Gasteiger partial charge in [-0.2, -0.15) is 0 Å². The lowest BCUT2D eigenvalue weighted by molar-refractivity contribution is -0.137. The van der Waals surface area contributed by atoms with Crippen LogP contribution in [0.1, 0.15) is 44.3 Å². The number of nitrogens with one attached hydrogen (secondary N) is 1. The number of hydrogen-bond acceptors (Lipinski definition) is 5. The maximum atomic E-state index is 13.5. The summed E-state index contributed by atoms with van der Waals surface area (Å²) in [6.45, 7) is 2.59. The molecule has 4 atom stereocenters. The van der Waals surface area contributed by atoms with Gasteiger partial charge in [-0.1, -0.05) is 6.92 Å². The number of aliphatic hydroxyl groups excluding tert-OH is 1. The van der Waals surface area contributed by atoms with E-state index in [1.165, 1.54) is 0 Å². The van der Waals surface area contributed by atoms with Crippen LogP contribution in [0.5, 0.6) is 0 Å². The molecule has 2 amide bonds. The second-order valence-corrected chi connectivity index (χ2v) is 9.45. The molecule has 2 N–H and O–H groups in total. The number of pyridine rings is 2. The first kappa shape index (κ1) is 21.8. The lowest BCUT2D eigenvalue weighted by Gasteiger charge is -2.38. The standard InChI is InChI=1S/C25H30N4O4/c1-2-9-27-24(32)22-18(14-30)20-13-28-19(23(22)29(20)21(31)12-15-3-4-15)6-5-17(25(28)33)16-7-10-26-11-8-16/h5-8,10-11,15,18,20,22-23,30H,2-4,9,12-14H2,1H3,(H,27,32)/t18-,20-,22+,23+/m0/s1. The number of aliphatic hydroxyl groups is 1. The van der Waals surface area contributed by atoms with Gasteiger partial charge in [0.05, 0.1) is 18.0 Å². The molecule has 1 aliphatic carbocycles. The molecular formula is C25H30N4O4. The summed E-state index contributed by atoms with van der Waals surface area (Å²) in [5.41, 5.74) is 1.87. The fourth-order valence-electron chi connectivity index (χ4n) is 5.54. The zero-order valence-electron chi connectivity index (χ0n) is 18.8. The third kappa shape index (κ3) is 3.76. The molecule has 2 aliphatic heterocycles. The minimum atomic E-state index is -0.588. The number of rotatable bonds is 7. The Hall–Kier alpha value is -3.00. The highest BCUT2D eigenvalue weighted by Crippen LogP contribution is 2.49. The molecule has 1 saturated heterocycles. The van der Waals surface area contributed by atoms with E-state index >= 15 is 0 Å². The molecule has 2 fully saturated rings. The summed E-state index contributed by atoms with van der Waals surface area (Å²) in [7, 11) is 0. The number of hydrogen-bond donors (Lipinski definition) is 2. The van der Waals surface area contributed by atoms with Crippen molar-refractivity contribution in [2.24, 2.45) is 17.8 Å². The third-order valence-corrected chi connectivity index (χ3v) is 7.34. The predicted molar refractivity (Wildman–Crippen MR) is 122 cm³/mol. The molecule has 3 aliphatic rings. The predicted octanol–water partition coefficient (Wildman–Crippen LogP) is 1.73. The Morgan fingerprint density at radius 3 is 2.61 bits per heavy atom. The summed E-state index contributed by atoms with van der Waals surface area (Å²) in [6.07, 6.45) is 6.68. The van der Waals surface area contributed by atoms with Crippen LogP contribution in [0.4, 0.5) is 0 Å². The van der Waals surface area contributed by atoms with Crippen LogP contribution in [-0.2, 0) is 16.1 Å². The maximum absolute atomic E-state index is 13.5. The maximum Gasteiger partial charge on any atom is 0.258 e. The van der Waals surface area contributed by atoms with Crippen molar-refractivity contribution in [3.05, 3.63) is 52.7 Å². The minimum Gasteiger partial charge on any atom is -0.396 e. The van der Waals surface area contributed by atoms with E-state index in [4.69, 9.17) is 0 Å². The van der Waals surface area contributed by atoms with Gasteiger partial charge in [0.2, 0.25) is 11.8 Å². The van der Waals surface area contributed by atoms with Gasteiger partial charge in [-0.15, -0.1) is 0 Å². The van der Waals surface area contributed by atoms with E-state index < -0.39 is 17.9 Å².